The molecule has 6 nitrogen and oxygen atoms in total. The standard InChI is InChI=1S/C24H19F2N5O/c1-12-2-6-18(30-29-12)14-8-16(25)22(17(26)9-14)23-21(13-3-4-13)24(32)31(23)15-5-7-19-20(10-15)28-11-27-19/h2,5-11,13,21,23H,3-4H2,1H3,(H,27,28)/t21-,23-/m1/s1. The Bertz CT molecular complexity index is 1340. The summed E-state index contributed by atoms with van der Waals surface area (Å²) in [5.74, 6) is -1.72. The van der Waals surface area contributed by atoms with Crippen molar-refractivity contribution < 1.29 is 13.6 Å². The van der Waals surface area contributed by atoms with Crippen LogP contribution in [0.1, 0.15) is 30.1 Å². The molecule has 1 aliphatic carbocycles. The summed E-state index contributed by atoms with van der Waals surface area (Å²) in [5.41, 5.74) is 3.46. The molecule has 0 unspecified atom stereocenters. The molecule has 1 saturated heterocycles. The Morgan fingerprint density at radius 3 is 2.50 bits per heavy atom. The minimum absolute atomic E-state index is 0.0764. The lowest BCUT2D eigenvalue weighted by Crippen LogP contribution is -2.56. The number of H-pyrrole nitrogens is 1. The molecule has 2 aromatic carbocycles. The molecule has 0 spiro atoms. The van der Waals surface area contributed by atoms with Gasteiger partial charge in [-0.2, -0.15) is 10.2 Å². The molecule has 0 radical (unpaired) electrons. The van der Waals surface area contributed by atoms with Crippen LogP contribution in [-0.4, -0.2) is 26.1 Å². The average molecular weight is 431 g/mol. The normalized spacial score (nSPS) is 20.6. The van der Waals surface area contributed by atoms with Gasteiger partial charge in [0.25, 0.3) is 0 Å². The highest BCUT2D eigenvalue weighted by Crippen LogP contribution is 2.55. The molecule has 6 rings (SSSR count). The number of halogens is 2. The molecular weight excluding hydrogens is 412 g/mol. The monoisotopic (exact) mass is 431 g/mol. The number of carbonyl (C=O) groups excluding carboxylic acids is 1. The van der Waals surface area contributed by atoms with Gasteiger partial charge in [0.05, 0.1) is 40.7 Å². The molecule has 1 saturated carbocycles. The van der Waals surface area contributed by atoms with Gasteiger partial charge in [-0.05, 0) is 68.1 Å². The molecule has 4 aromatic rings. The molecule has 2 aliphatic rings. The molecule has 1 amide bonds. The first kappa shape index (κ1) is 19.0. The molecule has 8 heteroatoms. The lowest BCUT2D eigenvalue weighted by Gasteiger charge is -2.48. The summed E-state index contributed by atoms with van der Waals surface area (Å²) < 4.78 is 30.8. The number of anilines is 1. The van der Waals surface area contributed by atoms with Crippen molar-refractivity contribution in [3.05, 3.63) is 71.7 Å². The third kappa shape index (κ3) is 2.90. The minimum atomic E-state index is -0.690. The Kier molecular flexibility index (Phi) is 4.11. The van der Waals surface area contributed by atoms with Crippen LogP contribution in [0.4, 0.5) is 14.5 Å². The number of amides is 1. The molecular formula is C24H19F2N5O. The maximum absolute atomic E-state index is 15.4. The van der Waals surface area contributed by atoms with Crippen molar-refractivity contribution in [1.82, 2.24) is 20.2 Å². The number of fused-ring (bicyclic) bond motifs is 1. The SMILES string of the molecule is Cc1ccc(-c2cc(F)c([C@H]3[C@@H](C4CC4)C(=O)N3c3ccc4[nH]cnc4c3)c(F)c2)nn1. The Morgan fingerprint density at radius 2 is 1.81 bits per heavy atom. The molecule has 160 valence electrons. The van der Waals surface area contributed by atoms with Crippen molar-refractivity contribution in [1.29, 1.82) is 0 Å². The van der Waals surface area contributed by atoms with E-state index in [1.54, 1.807) is 37.5 Å². The van der Waals surface area contributed by atoms with E-state index < -0.39 is 23.6 Å². The highest BCUT2D eigenvalue weighted by Gasteiger charge is 2.56. The molecule has 1 N–H and O–H groups in total. The number of aryl methyl sites for hydroxylation is 1. The van der Waals surface area contributed by atoms with Crippen molar-refractivity contribution >= 4 is 22.6 Å². The first-order chi connectivity index (χ1) is 15.5. The van der Waals surface area contributed by atoms with Gasteiger partial charge in [-0.25, -0.2) is 13.8 Å². The molecule has 32 heavy (non-hydrogen) atoms. The Morgan fingerprint density at radius 1 is 1.03 bits per heavy atom. The number of aromatic nitrogens is 4. The number of hydrogen-bond acceptors (Lipinski definition) is 4. The number of rotatable bonds is 4. The van der Waals surface area contributed by atoms with E-state index in [2.05, 4.69) is 20.2 Å². The van der Waals surface area contributed by atoms with Gasteiger partial charge in [0.2, 0.25) is 5.91 Å². The van der Waals surface area contributed by atoms with Crippen LogP contribution in [0.2, 0.25) is 0 Å². The van der Waals surface area contributed by atoms with Crippen molar-refractivity contribution in [3.63, 3.8) is 0 Å². The zero-order valence-electron chi connectivity index (χ0n) is 17.2. The lowest BCUT2D eigenvalue weighted by molar-refractivity contribution is -0.131. The van der Waals surface area contributed by atoms with Gasteiger partial charge in [-0.1, -0.05) is 0 Å². The van der Waals surface area contributed by atoms with Crippen LogP contribution in [0.25, 0.3) is 22.3 Å². The predicted molar refractivity (Wildman–Crippen MR) is 115 cm³/mol. The van der Waals surface area contributed by atoms with Gasteiger partial charge < -0.3 is 9.88 Å². The fourth-order valence-corrected chi connectivity index (χ4v) is 4.66. The topological polar surface area (TPSA) is 74.8 Å². The van der Waals surface area contributed by atoms with Gasteiger partial charge in [-0.15, -0.1) is 0 Å². The third-order valence-corrected chi connectivity index (χ3v) is 6.42. The largest absolute Gasteiger partial charge is 0.345 e. The fraction of sp³-hybridized carbons (Fsp3) is 0.250. The summed E-state index contributed by atoms with van der Waals surface area (Å²) in [5, 5.41) is 8.00. The Labute approximate surface area is 182 Å². The third-order valence-electron chi connectivity index (χ3n) is 6.42. The van der Waals surface area contributed by atoms with Crippen molar-refractivity contribution in [2.24, 2.45) is 11.8 Å². The number of nitrogens with zero attached hydrogens (tertiary/aromatic N) is 4. The lowest BCUT2D eigenvalue weighted by atomic mass is 9.78. The fourth-order valence-electron chi connectivity index (χ4n) is 4.66. The number of imidazole rings is 1. The first-order valence-electron chi connectivity index (χ1n) is 10.6. The molecule has 0 bridgehead atoms. The van der Waals surface area contributed by atoms with Gasteiger partial charge in [0.1, 0.15) is 11.6 Å². The van der Waals surface area contributed by atoms with E-state index >= 15 is 8.78 Å². The van der Waals surface area contributed by atoms with E-state index in [0.717, 1.165) is 24.1 Å². The van der Waals surface area contributed by atoms with Crippen LogP contribution in [0.15, 0.2) is 48.8 Å². The van der Waals surface area contributed by atoms with Crippen molar-refractivity contribution in [3.8, 4) is 11.3 Å². The van der Waals surface area contributed by atoms with Crippen LogP contribution < -0.4 is 4.90 Å². The second kappa shape index (κ2) is 6.91. The second-order valence-electron chi connectivity index (χ2n) is 8.53. The van der Waals surface area contributed by atoms with Crippen LogP contribution in [0.5, 0.6) is 0 Å². The summed E-state index contributed by atoms with van der Waals surface area (Å²) in [6.45, 7) is 1.79. The minimum Gasteiger partial charge on any atom is -0.345 e. The van der Waals surface area contributed by atoms with E-state index in [9.17, 15) is 4.79 Å². The van der Waals surface area contributed by atoms with Gasteiger partial charge >= 0.3 is 0 Å². The van der Waals surface area contributed by atoms with Crippen molar-refractivity contribution in [2.45, 2.75) is 25.8 Å². The van der Waals surface area contributed by atoms with Crippen LogP contribution in [0, 0.1) is 30.4 Å². The number of nitrogens with one attached hydrogen (secondary N) is 1. The maximum atomic E-state index is 15.4. The summed E-state index contributed by atoms with van der Waals surface area (Å²) >= 11 is 0. The van der Waals surface area contributed by atoms with Gasteiger partial charge in [0.15, 0.2) is 0 Å². The van der Waals surface area contributed by atoms with E-state index in [4.69, 9.17) is 0 Å². The predicted octanol–water partition coefficient (Wildman–Crippen LogP) is 4.72. The first-order valence-corrected chi connectivity index (χ1v) is 10.6. The van der Waals surface area contributed by atoms with E-state index in [1.165, 1.54) is 17.0 Å². The molecule has 2 aromatic heterocycles. The molecule has 3 heterocycles. The van der Waals surface area contributed by atoms with E-state index in [1.807, 2.05) is 6.07 Å². The van der Waals surface area contributed by atoms with Gasteiger partial charge in [-0.3, -0.25) is 4.79 Å². The quantitative estimate of drug-likeness (QED) is 0.475. The highest BCUT2D eigenvalue weighted by atomic mass is 19.1. The van der Waals surface area contributed by atoms with E-state index in [-0.39, 0.29) is 17.4 Å². The number of β-lactam (4-membered cyclic amide) rings is 1. The average Bonchev–Trinajstić information content (AvgIpc) is 3.47. The maximum Gasteiger partial charge on any atom is 0.233 e. The van der Waals surface area contributed by atoms with Crippen molar-refractivity contribution in [2.75, 3.05) is 4.90 Å². The number of hydrogen-bond donors (Lipinski definition) is 1. The zero-order valence-corrected chi connectivity index (χ0v) is 17.2. The Balaban J connectivity index is 1.43. The summed E-state index contributed by atoms with van der Waals surface area (Å²) in [7, 11) is 0. The Hall–Kier alpha value is -3.68. The zero-order chi connectivity index (χ0) is 22.0. The highest BCUT2D eigenvalue weighted by molar-refractivity contribution is 6.04. The molecule has 1 aliphatic heterocycles. The van der Waals surface area contributed by atoms with E-state index in [0.29, 0.717) is 22.5 Å². The van der Waals surface area contributed by atoms with Crippen LogP contribution in [0.3, 0.4) is 0 Å². The number of carbonyl (C=O) groups is 1. The van der Waals surface area contributed by atoms with Crippen LogP contribution in [-0.2, 0) is 4.79 Å². The van der Waals surface area contributed by atoms with Gasteiger partial charge in [0, 0.05) is 16.8 Å². The number of aromatic amines is 1. The molecule has 2 fully saturated rings. The second-order valence-corrected chi connectivity index (χ2v) is 8.53. The summed E-state index contributed by atoms with van der Waals surface area (Å²) in [6.07, 6.45) is 3.38. The summed E-state index contributed by atoms with van der Waals surface area (Å²) in [6, 6.07) is 10.7. The molecule has 2 atom stereocenters. The smallest absolute Gasteiger partial charge is 0.233 e. The number of benzene rings is 2. The van der Waals surface area contributed by atoms with Crippen LogP contribution >= 0.6 is 0 Å². The summed E-state index contributed by atoms with van der Waals surface area (Å²) in [4.78, 5) is 21.8.